The Hall–Kier alpha value is -3.03. The summed E-state index contributed by atoms with van der Waals surface area (Å²) < 4.78 is 14.4. The first-order chi connectivity index (χ1) is 14.4. The van der Waals surface area contributed by atoms with E-state index in [4.69, 9.17) is 0 Å². The second-order valence-electron chi connectivity index (χ2n) is 7.36. The zero-order valence-corrected chi connectivity index (χ0v) is 18.2. The lowest BCUT2D eigenvalue weighted by Crippen LogP contribution is -2.23. The van der Waals surface area contributed by atoms with E-state index in [9.17, 15) is 14.2 Å². The molecule has 0 saturated carbocycles. The van der Waals surface area contributed by atoms with Gasteiger partial charge in [0, 0.05) is 22.6 Å². The van der Waals surface area contributed by atoms with Gasteiger partial charge in [0.25, 0.3) is 0 Å². The van der Waals surface area contributed by atoms with Crippen molar-refractivity contribution < 1.29 is 14.2 Å². The predicted molar refractivity (Wildman–Crippen MR) is 124 cm³/mol. The van der Waals surface area contributed by atoms with Crippen LogP contribution in [0.1, 0.15) is 33.5 Å². The fourth-order valence-electron chi connectivity index (χ4n) is 3.72. The molecule has 0 heterocycles. The van der Waals surface area contributed by atoms with Crippen molar-refractivity contribution in [3.05, 3.63) is 108 Å². The van der Waals surface area contributed by atoms with Crippen molar-refractivity contribution in [2.45, 2.75) is 26.7 Å². The van der Waals surface area contributed by atoms with Gasteiger partial charge in [0.15, 0.2) is 5.78 Å². The largest absolute Gasteiger partial charge is 0.305 e. The van der Waals surface area contributed by atoms with Gasteiger partial charge >= 0.3 is 0 Å². The van der Waals surface area contributed by atoms with Crippen molar-refractivity contribution >= 4 is 29.1 Å². The molecule has 0 bridgehead atoms. The first-order valence-corrected chi connectivity index (χ1v) is 11.6. The molecule has 0 aliphatic carbocycles. The number of benzene rings is 3. The molecule has 3 rings (SSSR count). The Bertz CT molecular complexity index is 1060. The molecule has 0 spiro atoms. The first-order valence-electron chi connectivity index (χ1n) is 9.89. The maximum atomic E-state index is 14.4. The Balaban J connectivity index is 2.09. The number of aryl methyl sites for hydroxylation is 3. The third-order valence-electron chi connectivity index (χ3n) is 5.22. The number of rotatable bonds is 8. The highest BCUT2D eigenvalue weighted by Crippen LogP contribution is 2.47. The molecule has 0 amide bonds. The number of hydrogen-bond donors (Lipinski definition) is 0. The summed E-state index contributed by atoms with van der Waals surface area (Å²) in [6, 6.07) is 21.8. The summed E-state index contributed by atoms with van der Waals surface area (Å²) in [7, 11) is -3.55. The van der Waals surface area contributed by atoms with Gasteiger partial charge in [0.05, 0.1) is 0 Å². The lowest BCUT2D eigenvalue weighted by atomic mass is 9.97. The average molecular weight is 416 g/mol. The molecule has 0 saturated heterocycles. The molecule has 3 nitrogen and oxygen atoms in total. The van der Waals surface area contributed by atoms with Gasteiger partial charge in [0.1, 0.15) is 0 Å². The first kappa shape index (κ1) is 21.7. The summed E-state index contributed by atoms with van der Waals surface area (Å²) >= 11 is 0. The number of ketones is 1. The van der Waals surface area contributed by atoms with Gasteiger partial charge < -0.3 is 4.57 Å². The molecular weight excluding hydrogens is 391 g/mol. The lowest BCUT2D eigenvalue weighted by molar-refractivity contribution is -0.114. The minimum atomic E-state index is -3.55. The second-order valence-corrected chi connectivity index (χ2v) is 10.0. The summed E-state index contributed by atoms with van der Waals surface area (Å²) in [4.78, 5) is 25.4. The van der Waals surface area contributed by atoms with E-state index in [1.807, 2.05) is 38.1 Å². The third-order valence-corrected chi connectivity index (χ3v) is 8.07. The molecule has 0 aromatic heterocycles. The molecule has 0 fully saturated rings. The number of hydrogen-bond acceptors (Lipinski definition) is 3. The van der Waals surface area contributed by atoms with E-state index in [1.165, 1.54) is 6.08 Å². The summed E-state index contributed by atoms with van der Waals surface area (Å²) in [6.45, 7) is 7.23. The van der Waals surface area contributed by atoms with E-state index in [0.29, 0.717) is 29.0 Å². The van der Waals surface area contributed by atoms with Gasteiger partial charge in [-0.1, -0.05) is 79.4 Å². The molecule has 0 unspecified atom stereocenters. The van der Waals surface area contributed by atoms with Crippen LogP contribution in [0.2, 0.25) is 0 Å². The second kappa shape index (κ2) is 9.19. The standard InChI is InChI=1S/C26H25O3P/c1-4-22(27)16-15-21-17-19(2)25(20(3)18-21)26(28)30(29,23-11-7-5-8-12-23)24-13-9-6-10-14-24/h4-14,17-18H,1,15-16H2,2-3H3. The van der Waals surface area contributed by atoms with Crippen LogP contribution >= 0.6 is 7.14 Å². The Labute approximate surface area is 177 Å². The Morgan fingerprint density at radius 2 is 1.33 bits per heavy atom. The minimum absolute atomic E-state index is 0.0110. The van der Waals surface area contributed by atoms with Gasteiger partial charge in [-0.25, -0.2) is 0 Å². The van der Waals surface area contributed by atoms with E-state index in [0.717, 1.165) is 16.7 Å². The van der Waals surface area contributed by atoms with E-state index >= 15 is 0 Å². The fourth-order valence-corrected chi connectivity index (χ4v) is 6.34. The monoisotopic (exact) mass is 416 g/mol. The van der Waals surface area contributed by atoms with E-state index < -0.39 is 7.14 Å². The van der Waals surface area contributed by atoms with Gasteiger partial charge in [0.2, 0.25) is 12.7 Å². The maximum Gasteiger partial charge on any atom is 0.230 e. The van der Waals surface area contributed by atoms with Crippen molar-refractivity contribution in [3.63, 3.8) is 0 Å². The van der Waals surface area contributed by atoms with E-state index in [1.54, 1.807) is 48.5 Å². The van der Waals surface area contributed by atoms with Crippen LogP contribution in [0.15, 0.2) is 85.5 Å². The van der Waals surface area contributed by atoms with E-state index in [-0.39, 0.29) is 11.3 Å². The number of allylic oxidation sites excluding steroid dienone is 1. The zero-order chi connectivity index (χ0) is 21.7. The molecule has 3 aromatic rings. The molecule has 30 heavy (non-hydrogen) atoms. The molecule has 0 aliphatic rings. The maximum absolute atomic E-state index is 14.4. The van der Waals surface area contributed by atoms with Crippen molar-refractivity contribution in [1.29, 1.82) is 0 Å². The van der Waals surface area contributed by atoms with Crippen molar-refractivity contribution in [1.82, 2.24) is 0 Å². The van der Waals surface area contributed by atoms with Crippen LogP contribution in [0.5, 0.6) is 0 Å². The number of carbonyl (C=O) groups excluding carboxylic acids is 2. The summed E-state index contributed by atoms with van der Waals surface area (Å²) in [6.07, 6.45) is 2.28. The SMILES string of the molecule is C=CC(=O)CCc1cc(C)c(C(=O)P(=O)(c2ccccc2)c2ccccc2)c(C)c1. The molecule has 0 atom stereocenters. The van der Waals surface area contributed by atoms with Crippen LogP contribution in [0.25, 0.3) is 0 Å². The highest BCUT2D eigenvalue weighted by molar-refractivity contribution is 7.93. The third kappa shape index (κ3) is 4.27. The van der Waals surface area contributed by atoms with Crippen molar-refractivity contribution in [2.24, 2.45) is 0 Å². The predicted octanol–water partition coefficient (Wildman–Crippen LogP) is 5.15. The molecular formula is C26H25O3P. The molecule has 0 aliphatic heterocycles. The number of carbonyl (C=O) groups is 2. The van der Waals surface area contributed by atoms with Crippen LogP contribution in [-0.4, -0.2) is 11.3 Å². The van der Waals surface area contributed by atoms with E-state index in [2.05, 4.69) is 6.58 Å². The van der Waals surface area contributed by atoms with Crippen LogP contribution in [-0.2, 0) is 15.8 Å². The minimum Gasteiger partial charge on any atom is -0.305 e. The van der Waals surface area contributed by atoms with Crippen LogP contribution in [0.4, 0.5) is 0 Å². The van der Waals surface area contributed by atoms with Crippen LogP contribution in [0.3, 0.4) is 0 Å². The highest BCUT2D eigenvalue weighted by atomic mass is 31.2. The fraction of sp³-hybridized carbons (Fsp3) is 0.154. The van der Waals surface area contributed by atoms with Gasteiger partial charge in [-0.15, -0.1) is 0 Å². The average Bonchev–Trinajstić information content (AvgIpc) is 2.77. The Morgan fingerprint density at radius 3 is 1.77 bits per heavy atom. The molecule has 0 N–H and O–H groups in total. The summed E-state index contributed by atoms with van der Waals surface area (Å²) in [5.74, 6) is -0.0110. The zero-order valence-electron chi connectivity index (χ0n) is 17.3. The van der Waals surface area contributed by atoms with Crippen LogP contribution in [0, 0.1) is 13.8 Å². The smallest absolute Gasteiger partial charge is 0.230 e. The Morgan fingerprint density at radius 1 is 0.867 bits per heavy atom. The topological polar surface area (TPSA) is 51.2 Å². The molecule has 4 heteroatoms. The van der Waals surface area contributed by atoms with Crippen LogP contribution < -0.4 is 10.6 Å². The van der Waals surface area contributed by atoms with Gasteiger partial charge in [-0.3, -0.25) is 9.59 Å². The summed E-state index contributed by atoms with van der Waals surface area (Å²) in [5.41, 5.74) is 2.65. The lowest BCUT2D eigenvalue weighted by Gasteiger charge is -2.21. The van der Waals surface area contributed by atoms with Gasteiger partial charge in [-0.2, -0.15) is 0 Å². The molecule has 3 aromatic carbocycles. The van der Waals surface area contributed by atoms with Gasteiger partial charge in [-0.05, 0) is 43.0 Å². The summed E-state index contributed by atoms with van der Waals surface area (Å²) in [5, 5.41) is 1.06. The van der Waals surface area contributed by atoms with Crippen molar-refractivity contribution in [3.8, 4) is 0 Å². The Kier molecular flexibility index (Phi) is 6.64. The highest BCUT2D eigenvalue weighted by Gasteiger charge is 2.37. The van der Waals surface area contributed by atoms with Crippen molar-refractivity contribution in [2.75, 3.05) is 0 Å². The molecule has 0 radical (unpaired) electrons. The normalized spacial score (nSPS) is 11.1. The quantitative estimate of drug-likeness (QED) is 0.377. The molecule has 152 valence electrons.